The van der Waals surface area contributed by atoms with Gasteiger partial charge < -0.3 is 10.6 Å². The van der Waals surface area contributed by atoms with Crippen molar-refractivity contribution in [1.82, 2.24) is 15.5 Å². The highest BCUT2D eigenvalue weighted by atomic mass is 16.2. The number of anilines is 1. The van der Waals surface area contributed by atoms with Crippen LogP contribution >= 0.6 is 0 Å². The minimum Gasteiger partial charge on any atom is -0.348 e. The summed E-state index contributed by atoms with van der Waals surface area (Å²) in [7, 11) is 0. The summed E-state index contributed by atoms with van der Waals surface area (Å²) in [5, 5.41) is 12.2. The number of benzene rings is 2. The van der Waals surface area contributed by atoms with E-state index >= 15 is 0 Å². The maximum atomic E-state index is 13.1. The number of amides is 2. The summed E-state index contributed by atoms with van der Waals surface area (Å²) in [6.45, 7) is 3.74. The predicted molar refractivity (Wildman–Crippen MR) is 105 cm³/mol. The minimum atomic E-state index is -0.497. The largest absolute Gasteiger partial charge is 0.348 e. The van der Waals surface area contributed by atoms with Crippen LogP contribution in [0.3, 0.4) is 0 Å². The van der Waals surface area contributed by atoms with Gasteiger partial charge >= 0.3 is 0 Å². The molecule has 0 aliphatic rings. The Morgan fingerprint density at radius 3 is 2.00 bits per heavy atom. The molecule has 0 saturated carbocycles. The zero-order valence-electron chi connectivity index (χ0n) is 15.3. The molecule has 1 heterocycles. The van der Waals surface area contributed by atoms with E-state index in [9.17, 15) is 9.59 Å². The molecule has 3 aromatic rings. The van der Waals surface area contributed by atoms with Gasteiger partial charge in [0.2, 0.25) is 5.91 Å². The molecule has 3 N–H and O–H groups in total. The van der Waals surface area contributed by atoms with Gasteiger partial charge in [0.15, 0.2) is 0 Å². The topological polar surface area (TPSA) is 86.9 Å². The summed E-state index contributed by atoms with van der Waals surface area (Å²) in [5.74, 6) is -1.04. The minimum absolute atomic E-state index is 0.0225. The molecule has 27 heavy (non-hydrogen) atoms. The number of hydrogen-bond acceptors (Lipinski definition) is 3. The van der Waals surface area contributed by atoms with Crippen molar-refractivity contribution in [3.8, 4) is 0 Å². The van der Waals surface area contributed by atoms with E-state index in [0.717, 1.165) is 11.1 Å². The van der Waals surface area contributed by atoms with Crippen molar-refractivity contribution in [2.75, 3.05) is 5.32 Å². The fourth-order valence-electron chi connectivity index (χ4n) is 2.88. The highest BCUT2D eigenvalue weighted by molar-refractivity contribution is 6.04. The maximum Gasteiger partial charge on any atom is 0.271 e. The molecule has 1 aromatic heterocycles. The molecule has 2 amide bonds. The molecule has 0 aliphatic heterocycles. The van der Waals surface area contributed by atoms with Gasteiger partial charge in [-0.25, -0.2) is 0 Å². The average molecular weight is 362 g/mol. The van der Waals surface area contributed by atoms with E-state index < -0.39 is 5.92 Å². The van der Waals surface area contributed by atoms with Gasteiger partial charge in [-0.15, -0.1) is 0 Å². The highest BCUT2D eigenvalue weighted by Crippen LogP contribution is 2.26. The lowest BCUT2D eigenvalue weighted by Gasteiger charge is -2.18. The van der Waals surface area contributed by atoms with Gasteiger partial charge in [-0.3, -0.25) is 14.7 Å². The first-order valence-corrected chi connectivity index (χ1v) is 8.81. The summed E-state index contributed by atoms with van der Waals surface area (Å²) in [6, 6.07) is 19.1. The Bertz CT molecular complexity index is 865. The lowest BCUT2D eigenvalue weighted by atomic mass is 9.90. The Labute approximate surface area is 158 Å². The van der Waals surface area contributed by atoms with Crippen LogP contribution in [0.25, 0.3) is 0 Å². The van der Waals surface area contributed by atoms with Crippen LogP contribution in [0, 0.1) is 0 Å². The molecule has 3 rings (SSSR count). The van der Waals surface area contributed by atoms with E-state index in [-0.39, 0.29) is 23.6 Å². The molecule has 0 aliphatic carbocycles. The SMILES string of the molecule is CC(C)NC(=O)c1[nH]ncc1NC(=O)C(c1ccccc1)c1ccccc1. The molecule has 0 unspecified atom stereocenters. The maximum absolute atomic E-state index is 13.1. The van der Waals surface area contributed by atoms with Crippen LogP contribution in [-0.2, 0) is 4.79 Å². The number of nitrogens with one attached hydrogen (secondary N) is 3. The number of aromatic nitrogens is 2. The fraction of sp³-hybridized carbons (Fsp3) is 0.190. The molecule has 6 nitrogen and oxygen atoms in total. The second-order valence-electron chi connectivity index (χ2n) is 6.53. The zero-order chi connectivity index (χ0) is 19.2. The van der Waals surface area contributed by atoms with Gasteiger partial charge in [-0.1, -0.05) is 60.7 Å². The molecular formula is C21H22N4O2. The van der Waals surface area contributed by atoms with E-state index in [1.807, 2.05) is 74.5 Å². The van der Waals surface area contributed by atoms with Crippen LogP contribution in [0.5, 0.6) is 0 Å². The van der Waals surface area contributed by atoms with Crippen LogP contribution in [-0.4, -0.2) is 28.1 Å². The molecule has 6 heteroatoms. The molecule has 0 saturated heterocycles. The van der Waals surface area contributed by atoms with Gasteiger partial charge in [0, 0.05) is 6.04 Å². The van der Waals surface area contributed by atoms with Crippen LogP contribution in [0.15, 0.2) is 66.9 Å². The van der Waals surface area contributed by atoms with Gasteiger partial charge in [0.25, 0.3) is 5.91 Å². The number of aromatic amines is 1. The third kappa shape index (κ3) is 4.41. The van der Waals surface area contributed by atoms with Crippen molar-refractivity contribution in [2.24, 2.45) is 0 Å². The van der Waals surface area contributed by atoms with Gasteiger partial charge in [0.1, 0.15) is 5.69 Å². The first-order valence-electron chi connectivity index (χ1n) is 8.81. The third-order valence-electron chi connectivity index (χ3n) is 4.07. The summed E-state index contributed by atoms with van der Waals surface area (Å²) < 4.78 is 0. The number of rotatable bonds is 6. The lowest BCUT2D eigenvalue weighted by molar-refractivity contribution is -0.116. The number of carbonyl (C=O) groups is 2. The smallest absolute Gasteiger partial charge is 0.271 e. The Balaban J connectivity index is 1.89. The van der Waals surface area contributed by atoms with E-state index in [0.29, 0.717) is 5.69 Å². The van der Waals surface area contributed by atoms with E-state index in [1.165, 1.54) is 6.20 Å². The molecule has 0 spiro atoms. The molecule has 2 aromatic carbocycles. The highest BCUT2D eigenvalue weighted by Gasteiger charge is 2.25. The van der Waals surface area contributed by atoms with Crippen molar-refractivity contribution >= 4 is 17.5 Å². The number of hydrogen-bond donors (Lipinski definition) is 3. The Kier molecular flexibility index (Phi) is 5.66. The standard InChI is InChI=1S/C21H22N4O2/c1-14(2)23-21(27)19-17(13-22-25-19)24-20(26)18(15-9-5-3-6-10-15)16-11-7-4-8-12-16/h3-14,18H,1-2H3,(H,22,25)(H,23,27)(H,24,26). The second kappa shape index (κ2) is 8.31. The van der Waals surface area contributed by atoms with Crippen LogP contribution in [0.1, 0.15) is 41.4 Å². The molecule has 138 valence electrons. The van der Waals surface area contributed by atoms with Crippen molar-refractivity contribution in [3.63, 3.8) is 0 Å². The number of nitrogens with zero attached hydrogens (tertiary/aromatic N) is 1. The average Bonchev–Trinajstić information content (AvgIpc) is 3.11. The normalized spacial score (nSPS) is 10.8. The Morgan fingerprint density at radius 2 is 1.48 bits per heavy atom. The van der Waals surface area contributed by atoms with E-state index in [2.05, 4.69) is 20.8 Å². The first kappa shape index (κ1) is 18.4. The Hall–Kier alpha value is -3.41. The fourth-order valence-corrected chi connectivity index (χ4v) is 2.88. The van der Waals surface area contributed by atoms with Crippen LogP contribution in [0.4, 0.5) is 5.69 Å². The zero-order valence-corrected chi connectivity index (χ0v) is 15.3. The molecule has 0 radical (unpaired) electrons. The predicted octanol–water partition coefficient (Wildman–Crippen LogP) is 3.32. The quantitative estimate of drug-likeness (QED) is 0.629. The summed E-state index contributed by atoms with van der Waals surface area (Å²) >= 11 is 0. The van der Waals surface area contributed by atoms with E-state index in [4.69, 9.17) is 0 Å². The Morgan fingerprint density at radius 1 is 0.926 bits per heavy atom. The first-order chi connectivity index (χ1) is 13.1. The number of H-pyrrole nitrogens is 1. The van der Waals surface area contributed by atoms with Crippen molar-refractivity contribution in [3.05, 3.63) is 83.7 Å². The van der Waals surface area contributed by atoms with Crippen LogP contribution < -0.4 is 10.6 Å². The van der Waals surface area contributed by atoms with Crippen molar-refractivity contribution in [2.45, 2.75) is 25.8 Å². The van der Waals surface area contributed by atoms with Gasteiger partial charge in [-0.2, -0.15) is 5.10 Å². The monoisotopic (exact) mass is 362 g/mol. The van der Waals surface area contributed by atoms with Crippen molar-refractivity contribution in [1.29, 1.82) is 0 Å². The number of carbonyl (C=O) groups excluding carboxylic acids is 2. The molecule has 0 fully saturated rings. The van der Waals surface area contributed by atoms with Gasteiger partial charge in [0.05, 0.1) is 17.8 Å². The van der Waals surface area contributed by atoms with Crippen LogP contribution in [0.2, 0.25) is 0 Å². The molecule has 0 atom stereocenters. The van der Waals surface area contributed by atoms with Gasteiger partial charge in [-0.05, 0) is 25.0 Å². The summed E-state index contributed by atoms with van der Waals surface area (Å²) in [6.07, 6.45) is 1.44. The van der Waals surface area contributed by atoms with E-state index in [1.54, 1.807) is 0 Å². The summed E-state index contributed by atoms with van der Waals surface area (Å²) in [5.41, 5.74) is 2.34. The molecule has 0 bridgehead atoms. The molecular weight excluding hydrogens is 340 g/mol. The second-order valence-corrected chi connectivity index (χ2v) is 6.53. The lowest BCUT2D eigenvalue weighted by Crippen LogP contribution is -2.31. The third-order valence-corrected chi connectivity index (χ3v) is 4.07. The summed E-state index contributed by atoms with van der Waals surface area (Å²) in [4.78, 5) is 25.4. The van der Waals surface area contributed by atoms with Crippen molar-refractivity contribution < 1.29 is 9.59 Å².